The van der Waals surface area contributed by atoms with Crippen LogP contribution in [0.2, 0.25) is 0 Å². The predicted molar refractivity (Wildman–Crippen MR) is 71.6 cm³/mol. The van der Waals surface area contributed by atoms with Crippen molar-refractivity contribution >= 4 is 12.0 Å². The Labute approximate surface area is 109 Å². The van der Waals surface area contributed by atoms with Gasteiger partial charge in [-0.2, -0.15) is 0 Å². The van der Waals surface area contributed by atoms with Crippen LogP contribution in [0.4, 0.5) is 4.79 Å². The second kappa shape index (κ2) is 9.74. The molecule has 18 heavy (non-hydrogen) atoms. The van der Waals surface area contributed by atoms with Crippen molar-refractivity contribution in [1.29, 1.82) is 0 Å². The quantitative estimate of drug-likeness (QED) is 0.594. The average Bonchev–Trinajstić information content (AvgIpc) is 2.25. The summed E-state index contributed by atoms with van der Waals surface area (Å²) >= 11 is 0. The summed E-state index contributed by atoms with van der Waals surface area (Å²) < 4.78 is 0. The molecule has 0 rings (SSSR count). The van der Waals surface area contributed by atoms with E-state index in [1.54, 1.807) is 0 Å². The van der Waals surface area contributed by atoms with Crippen LogP contribution in [0.3, 0.4) is 0 Å². The summed E-state index contributed by atoms with van der Waals surface area (Å²) in [6.45, 7) is 6.04. The molecule has 2 atom stereocenters. The third kappa shape index (κ3) is 8.84. The lowest BCUT2D eigenvalue weighted by Gasteiger charge is -2.19. The van der Waals surface area contributed by atoms with Gasteiger partial charge in [0.05, 0.1) is 6.42 Å². The molecule has 5 heteroatoms. The molecule has 0 aliphatic heterocycles. The van der Waals surface area contributed by atoms with Crippen molar-refractivity contribution in [2.24, 2.45) is 0 Å². The van der Waals surface area contributed by atoms with Crippen molar-refractivity contribution in [3.63, 3.8) is 0 Å². The number of nitrogens with one attached hydrogen (secondary N) is 2. The molecule has 2 unspecified atom stereocenters. The first-order chi connectivity index (χ1) is 8.49. The van der Waals surface area contributed by atoms with E-state index in [4.69, 9.17) is 5.11 Å². The molecule has 3 N–H and O–H groups in total. The van der Waals surface area contributed by atoms with Gasteiger partial charge in [-0.1, -0.05) is 33.1 Å². The number of carboxylic acid groups (broad SMARTS) is 1. The summed E-state index contributed by atoms with van der Waals surface area (Å²) in [5.41, 5.74) is 0. The van der Waals surface area contributed by atoms with E-state index >= 15 is 0 Å². The Morgan fingerprint density at radius 1 is 1.11 bits per heavy atom. The summed E-state index contributed by atoms with van der Waals surface area (Å²) in [5.74, 6) is -0.882. The lowest BCUT2D eigenvalue weighted by molar-refractivity contribution is -0.137. The zero-order valence-corrected chi connectivity index (χ0v) is 11.7. The van der Waals surface area contributed by atoms with Gasteiger partial charge in [0.25, 0.3) is 0 Å². The summed E-state index contributed by atoms with van der Waals surface area (Å²) in [4.78, 5) is 22.3. The van der Waals surface area contributed by atoms with Crippen molar-refractivity contribution in [2.75, 3.05) is 0 Å². The Kier molecular flexibility index (Phi) is 9.06. The fourth-order valence-corrected chi connectivity index (χ4v) is 1.82. The van der Waals surface area contributed by atoms with Gasteiger partial charge < -0.3 is 15.7 Å². The van der Waals surface area contributed by atoms with Crippen molar-refractivity contribution in [3.05, 3.63) is 0 Å². The highest BCUT2D eigenvalue weighted by Crippen LogP contribution is 2.03. The van der Waals surface area contributed by atoms with Crippen molar-refractivity contribution < 1.29 is 14.7 Å². The third-order valence-corrected chi connectivity index (χ3v) is 2.76. The minimum Gasteiger partial charge on any atom is -0.481 e. The molecular formula is C13H26N2O3. The number of carbonyl (C=O) groups is 2. The second-order valence-electron chi connectivity index (χ2n) is 4.74. The smallest absolute Gasteiger partial charge is 0.315 e. The SMILES string of the molecule is CCCCC(C)NC(=O)NC(CCC)CC(=O)O. The fraction of sp³-hybridized carbons (Fsp3) is 0.846. The average molecular weight is 258 g/mol. The number of aliphatic carboxylic acids is 1. The monoisotopic (exact) mass is 258 g/mol. The van der Waals surface area contributed by atoms with Gasteiger partial charge >= 0.3 is 12.0 Å². The van der Waals surface area contributed by atoms with Gasteiger partial charge in [-0.3, -0.25) is 4.79 Å². The molecule has 0 saturated heterocycles. The van der Waals surface area contributed by atoms with Crippen molar-refractivity contribution in [3.8, 4) is 0 Å². The molecule has 0 aromatic rings. The first-order valence-corrected chi connectivity index (χ1v) is 6.78. The van der Waals surface area contributed by atoms with Crippen LogP contribution in [0.25, 0.3) is 0 Å². The van der Waals surface area contributed by atoms with Crippen LogP contribution in [0.1, 0.15) is 59.3 Å². The first-order valence-electron chi connectivity index (χ1n) is 6.78. The molecule has 0 fully saturated rings. The van der Waals surface area contributed by atoms with Gasteiger partial charge in [-0.05, 0) is 19.8 Å². The van der Waals surface area contributed by atoms with Gasteiger partial charge in [0.1, 0.15) is 0 Å². The van der Waals surface area contributed by atoms with Gasteiger partial charge in [0.2, 0.25) is 0 Å². The predicted octanol–water partition coefficient (Wildman–Crippen LogP) is 2.51. The Bertz CT molecular complexity index is 257. The molecular weight excluding hydrogens is 232 g/mol. The van der Waals surface area contributed by atoms with E-state index in [-0.39, 0.29) is 24.5 Å². The van der Waals surface area contributed by atoms with Crippen LogP contribution in [-0.2, 0) is 4.79 Å². The molecule has 0 aliphatic rings. The number of unbranched alkanes of at least 4 members (excludes halogenated alkanes) is 1. The van der Waals surface area contributed by atoms with Crippen molar-refractivity contribution in [1.82, 2.24) is 10.6 Å². The van der Waals surface area contributed by atoms with E-state index in [1.807, 2.05) is 13.8 Å². The van der Waals surface area contributed by atoms with E-state index in [1.165, 1.54) is 0 Å². The van der Waals surface area contributed by atoms with E-state index in [9.17, 15) is 9.59 Å². The molecule has 0 aromatic carbocycles. The van der Waals surface area contributed by atoms with Crippen LogP contribution in [-0.4, -0.2) is 29.2 Å². The number of rotatable bonds is 9. The van der Waals surface area contributed by atoms with Gasteiger partial charge in [-0.15, -0.1) is 0 Å². The topological polar surface area (TPSA) is 78.4 Å². The van der Waals surface area contributed by atoms with Gasteiger partial charge in [-0.25, -0.2) is 4.79 Å². The van der Waals surface area contributed by atoms with Crippen LogP contribution in [0.5, 0.6) is 0 Å². The lowest BCUT2D eigenvalue weighted by Crippen LogP contribution is -2.46. The Morgan fingerprint density at radius 2 is 1.78 bits per heavy atom. The molecule has 0 aromatic heterocycles. The molecule has 2 amide bonds. The maximum atomic E-state index is 11.7. The first kappa shape index (κ1) is 16.7. The molecule has 0 bridgehead atoms. The summed E-state index contributed by atoms with van der Waals surface area (Å²) in [7, 11) is 0. The van der Waals surface area contributed by atoms with Crippen LogP contribution < -0.4 is 10.6 Å². The number of carbonyl (C=O) groups excluding carboxylic acids is 1. The highest BCUT2D eigenvalue weighted by Gasteiger charge is 2.15. The number of urea groups is 1. The molecule has 0 heterocycles. The zero-order chi connectivity index (χ0) is 14.0. The Balaban J connectivity index is 4.03. The molecule has 0 saturated carbocycles. The highest BCUT2D eigenvalue weighted by molar-refractivity contribution is 5.75. The Morgan fingerprint density at radius 3 is 2.28 bits per heavy atom. The maximum Gasteiger partial charge on any atom is 0.315 e. The summed E-state index contributed by atoms with van der Waals surface area (Å²) in [6, 6.07) is -0.429. The van der Waals surface area contributed by atoms with E-state index in [0.717, 1.165) is 25.7 Å². The summed E-state index contributed by atoms with van der Waals surface area (Å²) in [6.07, 6.45) is 4.64. The molecule has 0 spiro atoms. The normalized spacial score (nSPS) is 13.7. The van der Waals surface area contributed by atoms with Gasteiger partial charge in [0.15, 0.2) is 0 Å². The van der Waals surface area contributed by atoms with Gasteiger partial charge in [0, 0.05) is 12.1 Å². The third-order valence-electron chi connectivity index (χ3n) is 2.76. The molecule has 5 nitrogen and oxygen atoms in total. The number of carboxylic acids is 1. The highest BCUT2D eigenvalue weighted by atomic mass is 16.4. The molecule has 0 radical (unpaired) electrons. The second-order valence-corrected chi connectivity index (χ2v) is 4.74. The zero-order valence-electron chi connectivity index (χ0n) is 11.7. The van der Waals surface area contributed by atoms with Crippen molar-refractivity contribution in [2.45, 2.75) is 71.4 Å². The van der Waals surface area contributed by atoms with Crippen LogP contribution >= 0.6 is 0 Å². The standard InChI is InChI=1S/C13H26N2O3/c1-4-6-8-10(3)14-13(18)15-11(7-5-2)9-12(16)17/h10-11H,4-9H2,1-3H3,(H,16,17)(H2,14,15,18). The number of hydrogen-bond donors (Lipinski definition) is 3. The molecule has 0 aliphatic carbocycles. The fourth-order valence-electron chi connectivity index (χ4n) is 1.82. The molecule has 106 valence electrons. The van der Waals surface area contributed by atoms with E-state index in [2.05, 4.69) is 17.6 Å². The minimum absolute atomic E-state index is 0.0232. The number of amides is 2. The largest absolute Gasteiger partial charge is 0.481 e. The lowest BCUT2D eigenvalue weighted by atomic mass is 10.1. The van der Waals surface area contributed by atoms with E-state index < -0.39 is 5.97 Å². The minimum atomic E-state index is -0.882. The maximum absolute atomic E-state index is 11.7. The Hall–Kier alpha value is -1.26. The van der Waals surface area contributed by atoms with Crippen LogP contribution in [0.15, 0.2) is 0 Å². The number of hydrogen-bond acceptors (Lipinski definition) is 2. The summed E-state index contributed by atoms with van der Waals surface area (Å²) in [5, 5.41) is 14.3. The van der Waals surface area contributed by atoms with Crippen LogP contribution in [0, 0.1) is 0 Å². The van der Waals surface area contributed by atoms with E-state index in [0.29, 0.717) is 6.42 Å².